The zero-order valence-electron chi connectivity index (χ0n) is 13.4. The highest BCUT2D eigenvalue weighted by atomic mass is 16.1. The van der Waals surface area contributed by atoms with Gasteiger partial charge in [0, 0.05) is 19.0 Å². The normalized spacial score (nSPS) is 12.2. The van der Waals surface area contributed by atoms with Crippen LogP contribution in [0.3, 0.4) is 0 Å². The fourth-order valence-corrected chi connectivity index (χ4v) is 2.22. The van der Waals surface area contributed by atoms with Crippen molar-refractivity contribution >= 4 is 11.6 Å². The van der Waals surface area contributed by atoms with Gasteiger partial charge in [-0.2, -0.15) is 5.26 Å². The zero-order chi connectivity index (χ0) is 15.8. The van der Waals surface area contributed by atoms with E-state index in [9.17, 15) is 4.79 Å². The minimum atomic E-state index is -0.0490. The molecule has 1 aromatic carbocycles. The Morgan fingerprint density at radius 2 is 2.00 bits per heavy atom. The summed E-state index contributed by atoms with van der Waals surface area (Å²) in [7, 11) is 0. The highest BCUT2D eigenvalue weighted by Crippen LogP contribution is 2.14. The molecule has 0 aliphatic heterocycles. The summed E-state index contributed by atoms with van der Waals surface area (Å²) in [5.41, 5.74) is 1.08. The van der Waals surface area contributed by atoms with E-state index in [-0.39, 0.29) is 5.91 Å². The minimum Gasteiger partial charge on any atom is -0.325 e. The molecule has 4 heteroatoms. The predicted octanol–water partition coefficient (Wildman–Crippen LogP) is 3.25. The van der Waals surface area contributed by atoms with Crippen LogP contribution in [-0.4, -0.2) is 29.9 Å². The Labute approximate surface area is 127 Å². The number of para-hydroxylation sites is 1. The number of nitrogens with one attached hydrogen (secondary N) is 1. The monoisotopic (exact) mass is 287 g/mol. The molecule has 0 bridgehead atoms. The number of carbonyl (C=O) groups is 1. The molecule has 0 saturated carbocycles. The molecule has 0 radical (unpaired) electrons. The molecule has 0 spiro atoms. The van der Waals surface area contributed by atoms with E-state index in [0.717, 1.165) is 13.1 Å². The maximum absolute atomic E-state index is 12.0. The number of anilines is 1. The molecule has 1 N–H and O–H groups in total. The molecule has 0 saturated heterocycles. The van der Waals surface area contributed by atoms with Crippen molar-refractivity contribution in [3.63, 3.8) is 0 Å². The Balaban J connectivity index is 2.56. The summed E-state index contributed by atoms with van der Waals surface area (Å²) in [6.45, 7) is 10.4. The summed E-state index contributed by atoms with van der Waals surface area (Å²) < 4.78 is 0. The van der Waals surface area contributed by atoms with E-state index in [4.69, 9.17) is 5.26 Å². The second kappa shape index (κ2) is 8.43. The quantitative estimate of drug-likeness (QED) is 0.837. The molecule has 0 heterocycles. The van der Waals surface area contributed by atoms with Crippen LogP contribution in [0.4, 0.5) is 5.69 Å². The van der Waals surface area contributed by atoms with Crippen LogP contribution in [0.1, 0.15) is 39.7 Å². The maximum Gasteiger partial charge on any atom is 0.225 e. The number of nitrogens with zero attached hydrogens (tertiary/aromatic N) is 2. The lowest BCUT2D eigenvalue weighted by atomic mass is 10.0. The molecule has 0 aromatic heterocycles. The highest BCUT2D eigenvalue weighted by molar-refractivity contribution is 5.92. The van der Waals surface area contributed by atoms with Gasteiger partial charge in [0.2, 0.25) is 5.91 Å². The van der Waals surface area contributed by atoms with Crippen LogP contribution in [0.25, 0.3) is 0 Å². The Morgan fingerprint density at radius 1 is 1.33 bits per heavy atom. The second-order valence-corrected chi connectivity index (χ2v) is 5.57. The first-order chi connectivity index (χ1) is 9.99. The fourth-order valence-electron chi connectivity index (χ4n) is 2.22. The standard InChI is InChI=1S/C17H25N3O/c1-5-20(14(4)13(2)3)11-10-17(21)19-16-9-7-6-8-15(16)12-18/h6-9,13-14H,5,10-11H2,1-4H3,(H,19,21). The van der Waals surface area contributed by atoms with Gasteiger partial charge >= 0.3 is 0 Å². The largest absolute Gasteiger partial charge is 0.325 e. The van der Waals surface area contributed by atoms with Crippen LogP contribution in [0.2, 0.25) is 0 Å². The van der Waals surface area contributed by atoms with Crippen LogP contribution < -0.4 is 5.32 Å². The number of hydrogen-bond acceptors (Lipinski definition) is 3. The molecule has 0 aliphatic carbocycles. The minimum absolute atomic E-state index is 0.0490. The van der Waals surface area contributed by atoms with Gasteiger partial charge in [0.1, 0.15) is 6.07 Å². The van der Waals surface area contributed by atoms with E-state index in [1.54, 1.807) is 18.2 Å². The van der Waals surface area contributed by atoms with Gasteiger partial charge in [-0.3, -0.25) is 4.79 Å². The second-order valence-electron chi connectivity index (χ2n) is 5.57. The molecular weight excluding hydrogens is 262 g/mol. The Kier molecular flexibility index (Phi) is 6.90. The molecule has 0 fully saturated rings. The lowest BCUT2D eigenvalue weighted by Crippen LogP contribution is -2.38. The lowest BCUT2D eigenvalue weighted by Gasteiger charge is -2.30. The van der Waals surface area contributed by atoms with Crippen LogP contribution in [0.5, 0.6) is 0 Å². The van der Waals surface area contributed by atoms with E-state index in [1.165, 1.54) is 0 Å². The Morgan fingerprint density at radius 3 is 2.57 bits per heavy atom. The summed E-state index contributed by atoms with van der Waals surface area (Å²) in [5.74, 6) is 0.513. The third kappa shape index (κ3) is 5.20. The molecular formula is C17H25N3O. The molecule has 0 aliphatic rings. The molecule has 1 unspecified atom stereocenters. The number of benzene rings is 1. The van der Waals surface area contributed by atoms with E-state index >= 15 is 0 Å². The number of rotatable bonds is 7. The number of nitriles is 1. The van der Waals surface area contributed by atoms with E-state index in [1.807, 2.05) is 6.07 Å². The van der Waals surface area contributed by atoms with Crippen molar-refractivity contribution in [1.82, 2.24) is 4.90 Å². The number of carbonyl (C=O) groups excluding carboxylic acids is 1. The van der Waals surface area contributed by atoms with Gasteiger partial charge in [-0.25, -0.2) is 0 Å². The summed E-state index contributed by atoms with van der Waals surface area (Å²) in [6.07, 6.45) is 0.435. The van der Waals surface area contributed by atoms with Crippen molar-refractivity contribution in [1.29, 1.82) is 5.26 Å². The van der Waals surface area contributed by atoms with Gasteiger partial charge in [-0.05, 0) is 31.5 Å². The first kappa shape index (κ1) is 17.2. The Bertz CT molecular complexity index is 505. The van der Waals surface area contributed by atoms with Crippen LogP contribution in [0.15, 0.2) is 24.3 Å². The summed E-state index contributed by atoms with van der Waals surface area (Å²) in [4.78, 5) is 14.4. The van der Waals surface area contributed by atoms with Crippen molar-refractivity contribution in [2.24, 2.45) is 5.92 Å². The van der Waals surface area contributed by atoms with Gasteiger partial charge in [0.05, 0.1) is 11.3 Å². The van der Waals surface area contributed by atoms with Crippen LogP contribution in [0, 0.1) is 17.2 Å². The lowest BCUT2D eigenvalue weighted by molar-refractivity contribution is -0.116. The molecule has 1 atom stereocenters. The Hall–Kier alpha value is -1.86. The number of hydrogen-bond donors (Lipinski definition) is 1. The summed E-state index contributed by atoms with van der Waals surface area (Å²) >= 11 is 0. The molecule has 1 aromatic rings. The first-order valence-corrected chi connectivity index (χ1v) is 7.52. The molecule has 4 nitrogen and oxygen atoms in total. The van der Waals surface area contributed by atoms with Crippen molar-refractivity contribution in [3.05, 3.63) is 29.8 Å². The fraction of sp³-hybridized carbons (Fsp3) is 0.529. The zero-order valence-corrected chi connectivity index (χ0v) is 13.4. The van der Waals surface area contributed by atoms with Crippen molar-refractivity contribution < 1.29 is 4.79 Å². The smallest absolute Gasteiger partial charge is 0.225 e. The molecule has 114 valence electrons. The van der Waals surface area contributed by atoms with Gasteiger partial charge in [0.25, 0.3) is 0 Å². The number of amides is 1. The maximum atomic E-state index is 12.0. The SMILES string of the molecule is CCN(CCC(=O)Nc1ccccc1C#N)C(C)C(C)C. The molecule has 1 amide bonds. The van der Waals surface area contributed by atoms with Crippen molar-refractivity contribution in [2.45, 2.75) is 40.2 Å². The van der Waals surface area contributed by atoms with Gasteiger partial charge in [-0.1, -0.05) is 32.9 Å². The predicted molar refractivity (Wildman–Crippen MR) is 86.0 cm³/mol. The van der Waals surface area contributed by atoms with E-state index in [0.29, 0.717) is 29.6 Å². The van der Waals surface area contributed by atoms with Gasteiger partial charge in [-0.15, -0.1) is 0 Å². The third-order valence-corrected chi connectivity index (χ3v) is 3.89. The molecule has 1 rings (SSSR count). The highest BCUT2D eigenvalue weighted by Gasteiger charge is 2.16. The van der Waals surface area contributed by atoms with E-state index < -0.39 is 0 Å². The van der Waals surface area contributed by atoms with Crippen molar-refractivity contribution in [3.8, 4) is 6.07 Å². The van der Waals surface area contributed by atoms with E-state index in [2.05, 4.69) is 44.0 Å². The average Bonchev–Trinajstić information content (AvgIpc) is 2.48. The van der Waals surface area contributed by atoms with Crippen LogP contribution in [-0.2, 0) is 4.79 Å². The first-order valence-electron chi connectivity index (χ1n) is 7.52. The average molecular weight is 287 g/mol. The third-order valence-electron chi connectivity index (χ3n) is 3.89. The van der Waals surface area contributed by atoms with Crippen LogP contribution >= 0.6 is 0 Å². The summed E-state index contributed by atoms with van der Waals surface area (Å²) in [6, 6.07) is 9.60. The summed E-state index contributed by atoms with van der Waals surface area (Å²) in [5, 5.41) is 11.8. The van der Waals surface area contributed by atoms with Gasteiger partial charge < -0.3 is 10.2 Å². The molecule has 21 heavy (non-hydrogen) atoms. The van der Waals surface area contributed by atoms with Crippen molar-refractivity contribution in [2.75, 3.05) is 18.4 Å². The van der Waals surface area contributed by atoms with Gasteiger partial charge in [0.15, 0.2) is 0 Å². The topological polar surface area (TPSA) is 56.1 Å².